The normalized spacial score (nSPS) is 12.1. The SMILES string of the molecule is C[C@H](NC(=O)Cc1n[nH]c(=O)c2cc(-c3ccc(F)cc3)nn12)c1ccc(F)cc1. The molecule has 9 heteroatoms. The minimum absolute atomic E-state index is 0.136. The minimum Gasteiger partial charge on any atom is -0.349 e. The van der Waals surface area contributed by atoms with Gasteiger partial charge in [-0.25, -0.2) is 18.4 Å². The molecule has 0 aliphatic rings. The Labute approximate surface area is 169 Å². The number of carbonyl (C=O) groups excluding carboxylic acids is 1. The standard InChI is InChI=1S/C21H17F2N5O2/c1-12(13-2-6-15(22)7-3-13)24-20(29)11-19-25-26-21(30)18-10-17(27-28(18)19)14-4-8-16(23)9-5-14/h2-10,12H,11H2,1H3,(H,24,29)(H,26,30)/t12-/m0/s1. The van der Waals surface area contributed by atoms with Crippen LogP contribution in [0.15, 0.2) is 59.4 Å². The number of nitrogens with one attached hydrogen (secondary N) is 2. The second-order valence-corrected chi connectivity index (χ2v) is 6.82. The molecule has 152 valence electrons. The van der Waals surface area contributed by atoms with E-state index in [1.165, 1.54) is 28.8 Å². The molecular weight excluding hydrogens is 392 g/mol. The zero-order valence-corrected chi connectivity index (χ0v) is 15.9. The topological polar surface area (TPSA) is 92.1 Å². The van der Waals surface area contributed by atoms with Gasteiger partial charge in [0.2, 0.25) is 5.91 Å². The van der Waals surface area contributed by atoms with Crippen LogP contribution in [0.2, 0.25) is 0 Å². The van der Waals surface area contributed by atoms with Crippen molar-refractivity contribution in [3.8, 4) is 11.3 Å². The van der Waals surface area contributed by atoms with Crippen molar-refractivity contribution in [2.45, 2.75) is 19.4 Å². The quantitative estimate of drug-likeness (QED) is 0.530. The molecule has 0 aliphatic heterocycles. The van der Waals surface area contributed by atoms with Gasteiger partial charge in [-0.2, -0.15) is 10.2 Å². The maximum atomic E-state index is 13.2. The van der Waals surface area contributed by atoms with E-state index in [1.807, 2.05) is 0 Å². The van der Waals surface area contributed by atoms with Crippen molar-refractivity contribution >= 4 is 11.4 Å². The number of aromatic amines is 1. The summed E-state index contributed by atoms with van der Waals surface area (Å²) in [6, 6.07) is 12.8. The molecule has 2 heterocycles. The van der Waals surface area contributed by atoms with Crippen molar-refractivity contribution in [1.82, 2.24) is 25.1 Å². The molecule has 0 fully saturated rings. The van der Waals surface area contributed by atoms with E-state index < -0.39 is 5.56 Å². The number of H-pyrrole nitrogens is 1. The number of hydrogen-bond donors (Lipinski definition) is 2. The van der Waals surface area contributed by atoms with Crippen LogP contribution in [0, 0.1) is 11.6 Å². The first kappa shape index (κ1) is 19.4. The number of hydrogen-bond acceptors (Lipinski definition) is 4. The van der Waals surface area contributed by atoms with Gasteiger partial charge in [-0.3, -0.25) is 9.59 Å². The summed E-state index contributed by atoms with van der Waals surface area (Å²) in [6.45, 7) is 1.78. The molecule has 0 bridgehead atoms. The number of nitrogens with zero attached hydrogens (tertiary/aromatic N) is 3. The van der Waals surface area contributed by atoms with Crippen LogP contribution in [0.4, 0.5) is 8.78 Å². The minimum atomic E-state index is -0.459. The van der Waals surface area contributed by atoms with Crippen LogP contribution < -0.4 is 10.9 Å². The summed E-state index contributed by atoms with van der Waals surface area (Å²) >= 11 is 0. The molecule has 1 atom stereocenters. The van der Waals surface area contributed by atoms with Crippen LogP contribution >= 0.6 is 0 Å². The monoisotopic (exact) mass is 409 g/mol. The van der Waals surface area contributed by atoms with Gasteiger partial charge in [0.1, 0.15) is 17.2 Å². The number of halogens is 2. The molecule has 4 rings (SSSR count). The highest BCUT2D eigenvalue weighted by Gasteiger charge is 2.16. The molecule has 0 saturated heterocycles. The van der Waals surface area contributed by atoms with Gasteiger partial charge in [0, 0.05) is 5.56 Å². The summed E-state index contributed by atoms with van der Waals surface area (Å²) in [5, 5.41) is 13.5. The lowest BCUT2D eigenvalue weighted by atomic mass is 10.1. The molecule has 0 saturated carbocycles. The fourth-order valence-corrected chi connectivity index (χ4v) is 3.11. The Balaban J connectivity index is 1.58. The second kappa shape index (κ2) is 7.86. The highest BCUT2D eigenvalue weighted by atomic mass is 19.1. The first-order chi connectivity index (χ1) is 14.4. The molecule has 30 heavy (non-hydrogen) atoms. The summed E-state index contributed by atoms with van der Waals surface area (Å²) in [5.41, 5.74) is 1.59. The number of rotatable bonds is 5. The van der Waals surface area contributed by atoms with E-state index in [2.05, 4.69) is 20.6 Å². The lowest BCUT2D eigenvalue weighted by molar-refractivity contribution is -0.121. The third kappa shape index (κ3) is 3.95. The Morgan fingerprint density at radius 3 is 2.40 bits per heavy atom. The Morgan fingerprint density at radius 2 is 1.73 bits per heavy atom. The van der Waals surface area contributed by atoms with Crippen LogP contribution in [0.25, 0.3) is 16.8 Å². The van der Waals surface area contributed by atoms with Crippen LogP contribution in [-0.2, 0) is 11.2 Å². The summed E-state index contributed by atoms with van der Waals surface area (Å²) in [6.07, 6.45) is -0.136. The molecule has 0 unspecified atom stereocenters. The molecule has 2 aromatic carbocycles. The largest absolute Gasteiger partial charge is 0.349 e. The van der Waals surface area contributed by atoms with Crippen LogP contribution in [-0.4, -0.2) is 25.7 Å². The first-order valence-electron chi connectivity index (χ1n) is 9.19. The van der Waals surface area contributed by atoms with Gasteiger partial charge in [0.05, 0.1) is 18.2 Å². The lowest BCUT2D eigenvalue weighted by Gasteiger charge is -2.14. The van der Waals surface area contributed by atoms with Gasteiger partial charge >= 0.3 is 0 Å². The van der Waals surface area contributed by atoms with Gasteiger partial charge in [0.25, 0.3) is 5.56 Å². The van der Waals surface area contributed by atoms with E-state index in [9.17, 15) is 18.4 Å². The first-order valence-corrected chi connectivity index (χ1v) is 9.19. The summed E-state index contributed by atoms with van der Waals surface area (Å²) in [5.74, 6) is -0.837. The number of aromatic nitrogens is 4. The predicted molar refractivity (Wildman–Crippen MR) is 106 cm³/mol. The fraction of sp³-hybridized carbons (Fsp3) is 0.143. The van der Waals surface area contributed by atoms with E-state index in [-0.39, 0.29) is 41.3 Å². The molecule has 0 radical (unpaired) electrons. The van der Waals surface area contributed by atoms with E-state index in [0.29, 0.717) is 11.3 Å². The number of carbonyl (C=O) groups is 1. The highest BCUT2D eigenvalue weighted by molar-refractivity contribution is 5.78. The zero-order chi connectivity index (χ0) is 21.3. The number of benzene rings is 2. The third-order valence-corrected chi connectivity index (χ3v) is 4.68. The third-order valence-electron chi connectivity index (χ3n) is 4.68. The van der Waals surface area contributed by atoms with E-state index in [4.69, 9.17) is 0 Å². The molecule has 0 spiro atoms. The maximum absolute atomic E-state index is 13.2. The maximum Gasteiger partial charge on any atom is 0.290 e. The average molecular weight is 409 g/mol. The Morgan fingerprint density at radius 1 is 1.10 bits per heavy atom. The number of fused-ring (bicyclic) bond motifs is 1. The van der Waals surface area contributed by atoms with Gasteiger partial charge in [0.15, 0.2) is 5.82 Å². The predicted octanol–water partition coefficient (Wildman–Crippen LogP) is 2.78. The average Bonchev–Trinajstić information content (AvgIpc) is 3.18. The molecule has 0 aliphatic carbocycles. The molecule has 2 N–H and O–H groups in total. The summed E-state index contributed by atoms with van der Waals surface area (Å²) < 4.78 is 27.5. The van der Waals surface area contributed by atoms with Crippen molar-refractivity contribution in [2.24, 2.45) is 0 Å². The van der Waals surface area contributed by atoms with Crippen LogP contribution in [0.3, 0.4) is 0 Å². The second-order valence-electron chi connectivity index (χ2n) is 6.82. The van der Waals surface area contributed by atoms with E-state index in [0.717, 1.165) is 5.56 Å². The van der Waals surface area contributed by atoms with Crippen molar-refractivity contribution in [2.75, 3.05) is 0 Å². The smallest absolute Gasteiger partial charge is 0.290 e. The summed E-state index contributed by atoms with van der Waals surface area (Å²) in [4.78, 5) is 24.6. The highest BCUT2D eigenvalue weighted by Crippen LogP contribution is 2.19. The molecule has 4 aromatic rings. The van der Waals surface area contributed by atoms with Gasteiger partial charge < -0.3 is 5.32 Å². The van der Waals surface area contributed by atoms with E-state index in [1.54, 1.807) is 37.3 Å². The van der Waals surface area contributed by atoms with Crippen LogP contribution in [0.1, 0.15) is 24.4 Å². The molecule has 1 amide bonds. The van der Waals surface area contributed by atoms with Crippen LogP contribution in [0.5, 0.6) is 0 Å². The van der Waals surface area contributed by atoms with E-state index >= 15 is 0 Å². The molecular formula is C21H17F2N5O2. The van der Waals surface area contributed by atoms with Crippen molar-refractivity contribution < 1.29 is 13.6 Å². The summed E-state index contributed by atoms with van der Waals surface area (Å²) in [7, 11) is 0. The van der Waals surface area contributed by atoms with Crippen molar-refractivity contribution in [3.63, 3.8) is 0 Å². The van der Waals surface area contributed by atoms with Gasteiger partial charge in [-0.15, -0.1) is 0 Å². The van der Waals surface area contributed by atoms with Crippen molar-refractivity contribution in [3.05, 3.63) is 88.0 Å². The molecule has 2 aromatic heterocycles. The lowest BCUT2D eigenvalue weighted by Crippen LogP contribution is -2.30. The zero-order valence-electron chi connectivity index (χ0n) is 15.9. The van der Waals surface area contributed by atoms with Gasteiger partial charge in [-0.05, 0) is 55.0 Å². The number of amides is 1. The molecule has 7 nitrogen and oxygen atoms in total. The Bertz CT molecular complexity index is 1260. The Kier molecular flexibility index (Phi) is 5.09. The van der Waals surface area contributed by atoms with Gasteiger partial charge in [-0.1, -0.05) is 12.1 Å². The van der Waals surface area contributed by atoms with Crippen molar-refractivity contribution in [1.29, 1.82) is 0 Å². The fourth-order valence-electron chi connectivity index (χ4n) is 3.11. The Hall–Kier alpha value is -3.88.